The van der Waals surface area contributed by atoms with Crippen LogP contribution < -0.4 is 0 Å². The molecule has 7 nitrogen and oxygen atoms in total. The quantitative estimate of drug-likeness (QED) is 0.635. The van der Waals surface area contributed by atoms with E-state index in [2.05, 4.69) is 9.97 Å². The fourth-order valence-electron chi connectivity index (χ4n) is 2.21. The number of aliphatic hydroxyl groups excluding tert-OH is 3. The van der Waals surface area contributed by atoms with E-state index < -0.39 is 24.5 Å². The summed E-state index contributed by atoms with van der Waals surface area (Å²) in [6.45, 7) is -0.344. The van der Waals surface area contributed by atoms with Gasteiger partial charge in [0, 0.05) is 17.8 Å². The van der Waals surface area contributed by atoms with Gasteiger partial charge in [0.25, 0.3) is 0 Å². The van der Waals surface area contributed by atoms with Crippen molar-refractivity contribution in [1.82, 2.24) is 14.5 Å². The standard InChI is InChI=1S/C11H13N3O4/c15-4-7-8(16)9(17)11(18-7)14-2-1-6-3-12-5-13-10(6)14/h1-3,5,7-9,11,15-17H,4H2/t7-,8+,9-,11-/m0/s1. The van der Waals surface area contributed by atoms with Crippen molar-refractivity contribution in [2.75, 3.05) is 6.61 Å². The Kier molecular flexibility index (Phi) is 2.75. The van der Waals surface area contributed by atoms with Gasteiger partial charge in [0.1, 0.15) is 30.3 Å². The number of rotatable bonds is 2. The predicted octanol–water partition coefficient (Wildman–Crippen LogP) is -0.957. The van der Waals surface area contributed by atoms with E-state index in [4.69, 9.17) is 9.84 Å². The summed E-state index contributed by atoms with van der Waals surface area (Å²) >= 11 is 0. The second-order valence-electron chi connectivity index (χ2n) is 4.25. The van der Waals surface area contributed by atoms with Gasteiger partial charge in [-0.05, 0) is 6.07 Å². The van der Waals surface area contributed by atoms with E-state index in [1.54, 1.807) is 23.0 Å². The van der Waals surface area contributed by atoms with Crippen molar-refractivity contribution < 1.29 is 20.1 Å². The molecule has 1 fully saturated rings. The van der Waals surface area contributed by atoms with Crippen LogP contribution in [-0.4, -0.2) is 54.8 Å². The molecule has 4 atom stereocenters. The molecule has 3 rings (SSSR count). The van der Waals surface area contributed by atoms with Crippen LogP contribution in [0.15, 0.2) is 24.8 Å². The SMILES string of the molecule is OC[C@@H]1O[C@H](n2ccc3cncnc32)[C@@H](O)[C@@H]1O. The third kappa shape index (κ3) is 1.60. The van der Waals surface area contributed by atoms with Gasteiger partial charge in [-0.15, -0.1) is 0 Å². The van der Waals surface area contributed by atoms with Gasteiger partial charge in [-0.3, -0.25) is 0 Å². The highest BCUT2D eigenvalue weighted by Crippen LogP contribution is 2.31. The Morgan fingerprint density at radius 1 is 1.33 bits per heavy atom. The van der Waals surface area contributed by atoms with Crippen molar-refractivity contribution >= 4 is 11.0 Å². The summed E-state index contributed by atoms with van der Waals surface area (Å²) in [5.41, 5.74) is 0.611. The first kappa shape index (κ1) is 11.5. The number of aromatic nitrogens is 3. The smallest absolute Gasteiger partial charge is 0.164 e. The molecule has 2 aromatic heterocycles. The highest BCUT2D eigenvalue weighted by molar-refractivity contribution is 5.74. The zero-order chi connectivity index (χ0) is 12.7. The van der Waals surface area contributed by atoms with Gasteiger partial charge in [-0.1, -0.05) is 0 Å². The average molecular weight is 251 g/mol. The molecule has 1 aliphatic heterocycles. The number of fused-ring (bicyclic) bond motifs is 1. The summed E-state index contributed by atoms with van der Waals surface area (Å²) in [5.74, 6) is 0. The monoisotopic (exact) mass is 251 g/mol. The fraction of sp³-hybridized carbons (Fsp3) is 0.455. The minimum absolute atomic E-state index is 0.344. The Morgan fingerprint density at radius 3 is 2.89 bits per heavy atom. The molecule has 0 radical (unpaired) electrons. The molecule has 0 bridgehead atoms. The lowest BCUT2D eigenvalue weighted by Crippen LogP contribution is -2.33. The number of hydrogen-bond acceptors (Lipinski definition) is 6. The molecule has 96 valence electrons. The molecule has 3 N–H and O–H groups in total. The van der Waals surface area contributed by atoms with E-state index in [0.29, 0.717) is 5.65 Å². The van der Waals surface area contributed by atoms with Crippen LogP contribution in [0.4, 0.5) is 0 Å². The highest BCUT2D eigenvalue weighted by Gasteiger charge is 2.43. The van der Waals surface area contributed by atoms with Crippen LogP contribution in [-0.2, 0) is 4.74 Å². The average Bonchev–Trinajstić information content (AvgIpc) is 2.93. The van der Waals surface area contributed by atoms with Crippen LogP contribution in [0.2, 0.25) is 0 Å². The molecule has 7 heteroatoms. The molecule has 3 heterocycles. The zero-order valence-electron chi connectivity index (χ0n) is 9.42. The molecule has 0 aliphatic carbocycles. The van der Waals surface area contributed by atoms with Gasteiger partial charge < -0.3 is 24.6 Å². The molecule has 1 saturated heterocycles. The second-order valence-corrected chi connectivity index (χ2v) is 4.25. The summed E-state index contributed by atoms with van der Waals surface area (Å²) in [6, 6.07) is 1.80. The maximum absolute atomic E-state index is 9.94. The lowest BCUT2D eigenvalue weighted by atomic mass is 10.1. The third-order valence-corrected chi connectivity index (χ3v) is 3.17. The topological polar surface area (TPSA) is 101 Å². The second kappa shape index (κ2) is 4.29. The van der Waals surface area contributed by atoms with E-state index in [1.807, 2.05) is 0 Å². The molecular formula is C11H13N3O4. The summed E-state index contributed by atoms with van der Waals surface area (Å²) in [6.07, 6.45) is 1.00. The molecule has 18 heavy (non-hydrogen) atoms. The number of nitrogens with zero attached hydrogens (tertiary/aromatic N) is 3. The summed E-state index contributed by atoms with van der Waals surface area (Å²) < 4.78 is 7.07. The van der Waals surface area contributed by atoms with Crippen molar-refractivity contribution in [3.8, 4) is 0 Å². The Hall–Kier alpha value is -1.54. The van der Waals surface area contributed by atoms with Crippen molar-refractivity contribution in [3.63, 3.8) is 0 Å². The summed E-state index contributed by atoms with van der Waals surface area (Å²) in [7, 11) is 0. The van der Waals surface area contributed by atoms with Crippen LogP contribution in [0.3, 0.4) is 0 Å². The van der Waals surface area contributed by atoms with E-state index in [0.717, 1.165) is 5.39 Å². The molecular weight excluding hydrogens is 238 g/mol. The van der Waals surface area contributed by atoms with E-state index >= 15 is 0 Å². The van der Waals surface area contributed by atoms with Crippen molar-refractivity contribution in [2.45, 2.75) is 24.5 Å². The molecule has 0 amide bonds. The van der Waals surface area contributed by atoms with Crippen molar-refractivity contribution in [1.29, 1.82) is 0 Å². The van der Waals surface area contributed by atoms with Crippen LogP contribution >= 0.6 is 0 Å². The number of ether oxygens (including phenoxy) is 1. The van der Waals surface area contributed by atoms with E-state index in [-0.39, 0.29) is 6.61 Å². The van der Waals surface area contributed by atoms with Gasteiger partial charge in [-0.2, -0.15) is 0 Å². The predicted molar refractivity (Wildman–Crippen MR) is 60.5 cm³/mol. The number of hydrogen-bond donors (Lipinski definition) is 3. The zero-order valence-corrected chi connectivity index (χ0v) is 9.42. The third-order valence-electron chi connectivity index (χ3n) is 3.17. The minimum atomic E-state index is -1.11. The van der Waals surface area contributed by atoms with Gasteiger partial charge in [-0.25, -0.2) is 9.97 Å². The molecule has 0 saturated carbocycles. The van der Waals surface area contributed by atoms with Gasteiger partial charge in [0.05, 0.1) is 6.61 Å². The maximum atomic E-state index is 9.94. The van der Waals surface area contributed by atoms with Crippen LogP contribution in [0.5, 0.6) is 0 Å². The first-order valence-electron chi connectivity index (χ1n) is 5.61. The first-order valence-corrected chi connectivity index (χ1v) is 5.61. The molecule has 0 spiro atoms. The Morgan fingerprint density at radius 2 is 2.17 bits per heavy atom. The largest absolute Gasteiger partial charge is 0.394 e. The minimum Gasteiger partial charge on any atom is -0.394 e. The van der Waals surface area contributed by atoms with Crippen molar-refractivity contribution in [2.24, 2.45) is 0 Å². The highest BCUT2D eigenvalue weighted by atomic mass is 16.6. The van der Waals surface area contributed by atoms with Crippen LogP contribution in [0.25, 0.3) is 11.0 Å². The fourth-order valence-corrected chi connectivity index (χ4v) is 2.21. The molecule has 2 aromatic rings. The summed E-state index contributed by atoms with van der Waals surface area (Å²) in [5, 5.41) is 29.5. The normalized spacial score (nSPS) is 32.2. The Labute approximate surface area is 102 Å². The maximum Gasteiger partial charge on any atom is 0.164 e. The molecule has 0 unspecified atom stereocenters. The van der Waals surface area contributed by atoms with Gasteiger partial charge in [0.2, 0.25) is 0 Å². The van der Waals surface area contributed by atoms with E-state index in [9.17, 15) is 10.2 Å². The summed E-state index contributed by atoms with van der Waals surface area (Å²) in [4.78, 5) is 8.01. The Balaban J connectivity index is 2.00. The lowest BCUT2D eigenvalue weighted by molar-refractivity contribution is -0.0508. The molecule has 0 aromatic carbocycles. The van der Waals surface area contributed by atoms with Crippen molar-refractivity contribution in [3.05, 3.63) is 24.8 Å². The molecule has 1 aliphatic rings. The Bertz CT molecular complexity index is 558. The van der Waals surface area contributed by atoms with Gasteiger partial charge >= 0.3 is 0 Å². The first-order chi connectivity index (χ1) is 8.72. The van der Waals surface area contributed by atoms with E-state index in [1.165, 1.54) is 6.33 Å². The van der Waals surface area contributed by atoms with Crippen LogP contribution in [0, 0.1) is 0 Å². The number of aliphatic hydroxyl groups is 3. The van der Waals surface area contributed by atoms with Crippen LogP contribution in [0.1, 0.15) is 6.23 Å². The van der Waals surface area contributed by atoms with Gasteiger partial charge in [0.15, 0.2) is 6.23 Å². The lowest BCUT2D eigenvalue weighted by Gasteiger charge is -2.17.